The van der Waals surface area contributed by atoms with E-state index in [4.69, 9.17) is 10.5 Å². The number of nitrogens with two attached hydrogens (primary N) is 1. The van der Waals surface area contributed by atoms with Crippen molar-refractivity contribution in [3.63, 3.8) is 0 Å². The molecule has 2 aromatic heterocycles. The number of carboxylic acids is 1. The van der Waals surface area contributed by atoms with E-state index >= 15 is 0 Å². The number of rotatable bonds is 10. The van der Waals surface area contributed by atoms with E-state index in [0.717, 1.165) is 38.6 Å². The van der Waals surface area contributed by atoms with Gasteiger partial charge in [0.1, 0.15) is 11.6 Å². The van der Waals surface area contributed by atoms with Gasteiger partial charge in [-0.05, 0) is 45.2 Å². The average Bonchev–Trinajstić information content (AvgIpc) is 3.24. The summed E-state index contributed by atoms with van der Waals surface area (Å²) in [6.07, 6.45) is 5.01. The van der Waals surface area contributed by atoms with Crippen LogP contribution in [0.2, 0.25) is 0 Å². The first-order chi connectivity index (χ1) is 13.5. The normalized spacial score (nSPS) is 17.4. The molecule has 2 aromatic rings. The highest BCUT2D eigenvalue weighted by Crippen LogP contribution is 2.20. The third kappa shape index (κ3) is 4.44. The maximum atomic E-state index is 12.3. The molecule has 0 aromatic carbocycles. The van der Waals surface area contributed by atoms with Gasteiger partial charge < -0.3 is 20.6 Å². The van der Waals surface area contributed by atoms with E-state index in [0.29, 0.717) is 37.3 Å². The molecule has 10 heteroatoms. The molecule has 0 spiro atoms. The number of hydrogen-bond acceptors (Lipinski definition) is 7. The molecule has 1 aliphatic heterocycles. The number of imidazole rings is 1. The van der Waals surface area contributed by atoms with Gasteiger partial charge in [0.25, 0.3) is 0 Å². The van der Waals surface area contributed by atoms with Gasteiger partial charge in [0.2, 0.25) is 0 Å². The molecular formula is C18H28N6O4. The number of carboxylic acid groups (broad SMARTS) is 1. The van der Waals surface area contributed by atoms with Crippen LogP contribution < -0.4 is 16.2 Å². The molecule has 0 radical (unpaired) electrons. The first kappa shape index (κ1) is 20.1. The van der Waals surface area contributed by atoms with Crippen molar-refractivity contribution in [3.8, 4) is 6.01 Å². The van der Waals surface area contributed by atoms with Crippen molar-refractivity contribution < 1.29 is 14.6 Å². The van der Waals surface area contributed by atoms with Crippen molar-refractivity contribution in [1.82, 2.24) is 24.4 Å². The SMILES string of the molecule is CCCCOc1nc(N)c2[nH]c(=O)n(CCCCN3CCC[C@H]3C(=O)O)c2n1. The molecule has 0 saturated carbocycles. The molecule has 10 nitrogen and oxygen atoms in total. The number of hydrogen-bond donors (Lipinski definition) is 3. The highest BCUT2D eigenvalue weighted by atomic mass is 16.5. The summed E-state index contributed by atoms with van der Waals surface area (Å²) in [5, 5.41) is 9.25. The summed E-state index contributed by atoms with van der Waals surface area (Å²) in [6, 6.07) is -0.209. The summed E-state index contributed by atoms with van der Waals surface area (Å²) >= 11 is 0. The molecule has 1 aliphatic rings. The van der Waals surface area contributed by atoms with Crippen LogP contribution in [0, 0.1) is 0 Å². The zero-order valence-electron chi connectivity index (χ0n) is 16.2. The number of nitrogens with zero attached hydrogens (tertiary/aromatic N) is 4. The standard InChI is InChI=1S/C18H28N6O4/c1-2-3-11-28-17-21-14(19)13-15(22-17)24(18(27)20-13)10-5-4-8-23-9-6-7-12(23)16(25)26/h12H,2-11H2,1H3,(H,20,27)(H,25,26)(H2,19,21,22)/t12-/m0/s1. The van der Waals surface area contributed by atoms with Gasteiger partial charge >= 0.3 is 17.7 Å². The van der Waals surface area contributed by atoms with Crippen molar-refractivity contribution in [3.05, 3.63) is 10.5 Å². The Bertz CT molecular complexity index is 877. The van der Waals surface area contributed by atoms with Crippen LogP contribution in [0.25, 0.3) is 11.2 Å². The van der Waals surface area contributed by atoms with Crippen molar-refractivity contribution >= 4 is 23.0 Å². The van der Waals surface area contributed by atoms with Crippen molar-refractivity contribution in [2.75, 3.05) is 25.4 Å². The molecule has 0 unspecified atom stereocenters. The number of aromatic nitrogens is 4. The van der Waals surface area contributed by atoms with Crippen LogP contribution in [0.3, 0.4) is 0 Å². The number of anilines is 1. The van der Waals surface area contributed by atoms with E-state index < -0.39 is 5.97 Å². The fourth-order valence-corrected chi connectivity index (χ4v) is 3.57. The van der Waals surface area contributed by atoms with Gasteiger partial charge in [-0.2, -0.15) is 9.97 Å². The Labute approximate surface area is 162 Å². The zero-order valence-corrected chi connectivity index (χ0v) is 16.2. The number of aliphatic carboxylic acids is 1. The van der Waals surface area contributed by atoms with Gasteiger partial charge in [0.05, 0.1) is 6.61 Å². The minimum absolute atomic E-state index is 0.174. The van der Waals surface area contributed by atoms with Gasteiger partial charge in [-0.15, -0.1) is 0 Å². The number of aromatic amines is 1. The topological polar surface area (TPSA) is 139 Å². The third-order valence-corrected chi connectivity index (χ3v) is 5.08. The number of nitrogen functional groups attached to an aromatic ring is 1. The Morgan fingerprint density at radius 2 is 2.11 bits per heavy atom. The van der Waals surface area contributed by atoms with Gasteiger partial charge in [0.15, 0.2) is 11.5 Å². The molecule has 3 rings (SSSR count). The van der Waals surface area contributed by atoms with E-state index in [9.17, 15) is 14.7 Å². The quantitative estimate of drug-likeness (QED) is 0.513. The summed E-state index contributed by atoms with van der Waals surface area (Å²) in [5.74, 6) is -0.568. The van der Waals surface area contributed by atoms with Crippen LogP contribution in [0.15, 0.2) is 4.79 Å². The summed E-state index contributed by atoms with van der Waals surface area (Å²) in [5.41, 5.74) is 6.52. The molecule has 3 heterocycles. The molecule has 154 valence electrons. The van der Waals surface area contributed by atoms with Crippen LogP contribution in [0.1, 0.15) is 45.4 Å². The fraction of sp³-hybridized carbons (Fsp3) is 0.667. The van der Waals surface area contributed by atoms with Crippen LogP contribution in [0.4, 0.5) is 5.82 Å². The number of carbonyl (C=O) groups is 1. The zero-order chi connectivity index (χ0) is 20.1. The van der Waals surface area contributed by atoms with Gasteiger partial charge in [-0.25, -0.2) is 4.79 Å². The minimum Gasteiger partial charge on any atom is -0.480 e. The Hall–Kier alpha value is -2.62. The summed E-state index contributed by atoms with van der Waals surface area (Å²) in [7, 11) is 0. The molecular weight excluding hydrogens is 364 g/mol. The predicted octanol–water partition coefficient (Wildman–Crippen LogP) is 1.21. The number of fused-ring (bicyclic) bond motifs is 1. The summed E-state index contributed by atoms with van der Waals surface area (Å²) < 4.78 is 7.07. The van der Waals surface area contributed by atoms with E-state index in [1.54, 1.807) is 4.57 Å². The molecule has 28 heavy (non-hydrogen) atoms. The first-order valence-electron chi connectivity index (χ1n) is 9.87. The molecule has 4 N–H and O–H groups in total. The summed E-state index contributed by atoms with van der Waals surface area (Å²) in [4.78, 5) is 36.7. The molecule has 0 amide bonds. The van der Waals surface area contributed by atoms with Crippen LogP contribution in [-0.4, -0.2) is 61.2 Å². The van der Waals surface area contributed by atoms with Crippen molar-refractivity contribution in [1.29, 1.82) is 0 Å². The number of likely N-dealkylation sites (tertiary alicyclic amines) is 1. The number of unbranched alkanes of at least 4 members (excludes halogenated alkanes) is 2. The van der Waals surface area contributed by atoms with Gasteiger partial charge in [-0.3, -0.25) is 14.3 Å². The number of ether oxygens (including phenoxy) is 1. The number of aryl methyl sites for hydroxylation is 1. The van der Waals surface area contributed by atoms with Crippen LogP contribution in [-0.2, 0) is 11.3 Å². The van der Waals surface area contributed by atoms with E-state index in [-0.39, 0.29) is 23.6 Å². The lowest BCUT2D eigenvalue weighted by Crippen LogP contribution is -2.36. The van der Waals surface area contributed by atoms with Crippen LogP contribution >= 0.6 is 0 Å². The second-order valence-corrected chi connectivity index (χ2v) is 7.11. The first-order valence-corrected chi connectivity index (χ1v) is 9.87. The maximum Gasteiger partial charge on any atom is 0.327 e. The second-order valence-electron chi connectivity index (χ2n) is 7.11. The Morgan fingerprint density at radius 3 is 2.86 bits per heavy atom. The van der Waals surface area contributed by atoms with E-state index in [1.807, 2.05) is 4.90 Å². The molecule has 0 bridgehead atoms. The number of H-pyrrole nitrogens is 1. The molecule has 0 aliphatic carbocycles. The van der Waals surface area contributed by atoms with Crippen molar-refractivity contribution in [2.24, 2.45) is 0 Å². The van der Waals surface area contributed by atoms with E-state index in [2.05, 4.69) is 21.9 Å². The minimum atomic E-state index is -0.756. The second kappa shape index (κ2) is 9.05. The van der Waals surface area contributed by atoms with Crippen molar-refractivity contribution in [2.45, 2.75) is 58.0 Å². The molecule has 1 atom stereocenters. The van der Waals surface area contributed by atoms with Crippen LogP contribution in [0.5, 0.6) is 6.01 Å². The fourth-order valence-electron chi connectivity index (χ4n) is 3.57. The maximum absolute atomic E-state index is 12.3. The predicted molar refractivity (Wildman–Crippen MR) is 104 cm³/mol. The lowest BCUT2D eigenvalue weighted by Gasteiger charge is -2.20. The third-order valence-electron chi connectivity index (χ3n) is 5.08. The Balaban J connectivity index is 1.64. The Kier molecular flexibility index (Phi) is 6.50. The summed E-state index contributed by atoms with van der Waals surface area (Å²) in [6.45, 7) is 4.54. The number of nitrogens with one attached hydrogen (secondary N) is 1. The molecule has 1 saturated heterocycles. The smallest absolute Gasteiger partial charge is 0.327 e. The Morgan fingerprint density at radius 1 is 1.32 bits per heavy atom. The molecule has 1 fully saturated rings. The largest absolute Gasteiger partial charge is 0.480 e. The highest BCUT2D eigenvalue weighted by Gasteiger charge is 2.29. The average molecular weight is 392 g/mol. The monoisotopic (exact) mass is 392 g/mol. The van der Waals surface area contributed by atoms with E-state index in [1.165, 1.54) is 0 Å². The van der Waals surface area contributed by atoms with Gasteiger partial charge in [0, 0.05) is 6.54 Å². The van der Waals surface area contributed by atoms with Gasteiger partial charge in [-0.1, -0.05) is 13.3 Å². The highest BCUT2D eigenvalue weighted by molar-refractivity contribution is 5.81. The lowest BCUT2D eigenvalue weighted by atomic mass is 10.2. The lowest BCUT2D eigenvalue weighted by molar-refractivity contribution is -0.142.